The van der Waals surface area contributed by atoms with Crippen molar-refractivity contribution in [3.8, 4) is 0 Å². The van der Waals surface area contributed by atoms with Crippen LogP contribution in [0.2, 0.25) is 0 Å². The van der Waals surface area contributed by atoms with E-state index in [1.807, 2.05) is 0 Å². The van der Waals surface area contributed by atoms with Crippen LogP contribution in [-0.4, -0.2) is 35.8 Å². The first-order valence-electron chi connectivity index (χ1n) is 7.64. The second-order valence-corrected chi connectivity index (χ2v) is 5.62. The SMILES string of the molecule is Cc1cc(=O)oc(C)c1C(=O)OCCN1C(=O)c2ccccc2C1=O. The molecule has 1 aromatic carbocycles. The molecule has 0 atom stereocenters. The Balaban J connectivity index is 1.67. The molecule has 0 saturated carbocycles. The molecule has 2 heterocycles. The van der Waals surface area contributed by atoms with Gasteiger partial charge in [-0.25, -0.2) is 9.59 Å². The average molecular weight is 341 g/mol. The molecule has 2 amide bonds. The van der Waals surface area contributed by atoms with Crippen LogP contribution in [0.25, 0.3) is 0 Å². The number of imide groups is 1. The van der Waals surface area contributed by atoms with Gasteiger partial charge >= 0.3 is 11.6 Å². The zero-order valence-corrected chi connectivity index (χ0v) is 13.7. The largest absolute Gasteiger partial charge is 0.460 e. The van der Waals surface area contributed by atoms with Gasteiger partial charge in [-0.15, -0.1) is 0 Å². The molecule has 1 aromatic heterocycles. The molecule has 0 radical (unpaired) electrons. The van der Waals surface area contributed by atoms with E-state index in [1.165, 1.54) is 13.0 Å². The highest BCUT2D eigenvalue weighted by atomic mass is 16.5. The highest BCUT2D eigenvalue weighted by Gasteiger charge is 2.34. The van der Waals surface area contributed by atoms with Gasteiger partial charge in [0.1, 0.15) is 17.9 Å². The van der Waals surface area contributed by atoms with Gasteiger partial charge < -0.3 is 9.15 Å². The summed E-state index contributed by atoms with van der Waals surface area (Å²) in [6.45, 7) is 2.90. The number of carbonyl (C=O) groups is 3. The summed E-state index contributed by atoms with van der Waals surface area (Å²) in [5.74, 6) is -1.32. The number of hydrogen-bond donors (Lipinski definition) is 0. The standard InChI is InChI=1S/C18H15NO6/c1-10-9-14(20)25-11(2)15(10)18(23)24-8-7-19-16(21)12-5-3-4-6-13(12)17(19)22/h3-6,9H,7-8H2,1-2H3. The van der Waals surface area contributed by atoms with E-state index in [4.69, 9.17) is 9.15 Å². The minimum Gasteiger partial charge on any atom is -0.460 e. The summed E-state index contributed by atoms with van der Waals surface area (Å²) in [5, 5.41) is 0. The number of fused-ring (bicyclic) bond motifs is 1. The zero-order chi connectivity index (χ0) is 18.1. The minimum atomic E-state index is -0.671. The fourth-order valence-electron chi connectivity index (χ4n) is 2.81. The Bertz CT molecular complexity index is 882. The first-order chi connectivity index (χ1) is 11.9. The van der Waals surface area contributed by atoms with Gasteiger partial charge in [0.2, 0.25) is 0 Å². The van der Waals surface area contributed by atoms with E-state index in [9.17, 15) is 19.2 Å². The monoisotopic (exact) mass is 341 g/mol. The third-order valence-corrected chi connectivity index (χ3v) is 3.96. The Kier molecular flexibility index (Phi) is 4.22. The normalized spacial score (nSPS) is 13.1. The maximum atomic E-state index is 12.2. The number of benzene rings is 1. The number of nitrogens with zero attached hydrogens (tertiary/aromatic N) is 1. The zero-order valence-electron chi connectivity index (χ0n) is 13.7. The van der Waals surface area contributed by atoms with Crippen molar-refractivity contribution in [1.29, 1.82) is 0 Å². The maximum absolute atomic E-state index is 12.2. The highest BCUT2D eigenvalue weighted by Crippen LogP contribution is 2.22. The predicted octanol–water partition coefficient (Wildman–Crippen LogP) is 1.71. The number of rotatable bonds is 4. The van der Waals surface area contributed by atoms with Crippen molar-refractivity contribution in [3.63, 3.8) is 0 Å². The van der Waals surface area contributed by atoms with E-state index in [2.05, 4.69) is 0 Å². The lowest BCUT2D eigenvalue weighted by Crippen LogP contribution is -2.33. The quantitative estimate of drug-likeness (QED) is 0.621. The smallest absolute Gasteiger partial charge is 0.341 e. The van der Waals surface area contributed by atoms with Gasteiger partial charge in [-0.05, 0) is 31.5 Å². The summed E-state index contributed by atoms with van der Waals surface area (Å²) in [6, 6.07) is 7.73. The highest BCUT2D eigenvalue weighted by molar-refractivity contribution is 6.21. The fourth-order valence-corrected chi connectivity index (χ4v) is 2.81. The fraction of sp³-hybridized carbons (Fsp3) is 0.222. The summed E-state index contributed by atoms with van der Waals surface area (Å²) in [6.07, 6.45) is 0. The van der Waals surface area contributed by atoms with Crippen molar-refractivity contribution >= 4 is 17.8 Å². The van der Waals surface area contributed by atoms with Gasteiger partial charge in [-0.2, -0.15) is 0 Å². The summed E-state index contributed by atoms with van der Waals surface area (Å²) in [4.78, 5) is 48.9. The van der Waals surface area contributed by atoms with Crippen molar-refractivity contribution in [1.82, 2.24) is 4.90 Å². The van der Waals surface area contributed by atoms with Gasteiger partial charge in [-0.1, -0.05) is 12.1 Å². The van der Waals surface area contributed by atoms with Crippen molar-refractivity contribution in [2.45, 2.75) is 13.8 Å². The van der Waals surface area contributed by atoms with Gasteiger partial charge in [0.15, 0.2) is 0 Å². The molecule has 3 rings (SSSR count). The second-order valence-electron chi connectivity index (χ2n) is 5.62. The predicted molar refractivity (Wildman–Crippen MR) is 86.5 cm³/mol. The molecule has 0 saturated heterocycles. The first kappa shape index (κ1) is 16.6. The van der Waals surface area contributed by atoms with Crippen LogP contribution in [0.5, 0.6) is 0 Å². The topological polar surface area (TPSA) is 93.9 Å². The van der Waals surface area contributed by atoms with Crippen molar-refractivity contribution < 1.29 is 23.5 Å². The molecule has 0 spiro atoms. The third kappa shape index (κ3) is 2.96. The van der Waals surface area contributed by atoms with Crippen LogP contribution in [0, 0.1) is 13.8 Å². The van der Waals surface area contributed by atoms with Gasteiger partial charge in [0.25, 0.3) is 11.8 Å². The molecule has 2 aromatic rings. The summed E-state index contributed by atoms with van der Waals surface area (Å²) in [5.41, 5.74) is 0.754. The molecule has 7 nitrogen and oxygen atoms in total. The van der Waals surface area contributed by atoms with E-state index < -0.39 is 23.4 Å². The van der Waals surface area contributed by atoms with Crippen LogP contribution < -0.4 is 5.63 Å². The molecule has 25 heavy (non-hydrogen) atoms. The second kappa shape index (κ2) is 6.35. The molecule has 0 unspecified atom stereocenters. The number of ether oxygens (including phenoxy) is 1. The summed E-state index contributed by atoms with van der Waals surface area (Å²) >= 11 is 0. The summed E-state index contributed by atoms with van der Waals surface area (Å²) < 4.78 is 10.0. The number of carbonyl (C=O) groups excluding carboxylic acids is 3. The Labute approximate surface area is 142 Å². The molecule has 128 valence electrons. The molecule has 0 aliphatic carbocycles. The molecule has 0 N–H and O–H groups in total. The lowest BCUT2D eigenvalue weighted by atomic mass is 10.1. The Morgan fingerprint density at radius 1 is 1.08 bits per heavy atom. The van der Waals surface area contributed by atoms with E-state index in [1.54, 1.807) is 31.2 Å². The number of hydrogen-bond acceptors (Lipinski definition) is 6. The van der Waals surface area contributed by atoms with Gasteiger partial charge in [0, 0.05) is 6.07 Å². The van der Waals surface area contributed by atoms with Gasteiger partial charge in [0.05, 0.1) is 17.7 Å². The van der Waals surface area contributed by atoms with E-state index in [-0.39, 0.29) is 24.5 Å². The Hall–Kier alpha value is -3.22. The van der Waals surface area contributed by atoms with Crippen LogP contribution in [0.4, 0.5) is 0 Å². The number of esters is 1. The Morgan fingerprint density at radius 3 is 2.24 bits per heavy atom. The molecular formula is C18H15NO6. The van der Waals surface area contributed by atoms with Crippen LogP contribution >= 0.6 is 0 Å². The lowest BCUT2D eigenvalue weighted by molar-refractivity contribution is 0.0416. The number of amides is 2. The molecular weight excluding hydrogens is 326 g/mol. The Morgan fingerprint density at radius 2 is 1.68 bits per heavy atom. The van der Waals surface area contributed by atoms with Crippen LogP contribution in [-0.2, 0) is 4.74 Å². The lowest BCUT2D eigenvalue weighted by Gasteiger charge is -2.14. The minimum absolute atomic E-state index is 0.0486. The van der Waals surface area contributed by atoms with E-state index >= 15 is 0 Å². The van der Waals surface area contributed by atoms with E-state index in [0.717, 1.165) is 4.90 Å². The molecule has 1 aliphatic heterocycles. The summed E-state index contributed by atoms with van der Waals surface area (Å²) in [7, 11) is 0. The van der Waals surface area contributed by atoms with Crippen molar-refractivity contribution in [2.24, 2.45) is 0 Å². The van der Waals surface area contributed by atoms with Crippen LogP contribution in [0.3, 0.4) is 0 Å². The van der Waals surface area contributed by atoms with E-state index in [0.29, 0.717) is 16.7 Å². The third-order valence-electron chi connectivity index (χ3n) is 3.96. The van der Waals surface area contributed by atoms with Crippen LogP contribution in [0.1, 0.15) is 42.4 Å². The number of aryl methyl sites for hydroxylation is 2. The molecule has 0 bridgehead atoms. The molecule has 0 fully saturated rings. The van der Waals surface area contributed by atoms with Crippen molar-refractivity contribution in [2.75, 3.05) is 13.2 Å². The van der Waals surface area contributed by atoms with Crippen LogP contribution in [0.15, 0.2) is 39.5 Å². The maximum Gasteiger partial charge on any atom is 0.341 e. The average Bonchev–Trinajstić information content (AvgIpc) is 2.79. The molecule has 1 aliphatic rings. The molecule has 7 heteroatoms. The van der Waals surface area contributed by atoms with Crippen molar-refractivity contribution in [3.05, 3.63) is 68.8 Å². The van der Waals surface area contributed by atoms with Gasteiger partial charge in [-0.3, -0.25) is 14.5 Å². The first-order valence-corrected chi connectivity index (χ1v) is 7.64.